The van der Waals surface area contributed by atoms with Crippen LogP contribution in [0, 0.1) is 10.8 Å². The van der Waals surface area contributed by atoms with Crippen LogP contribution in [0.5, 0.6) is 0 Å². The van der Waals surface area contributed by atoms with E-state index in [2.05, 4.69) is 31.4 Å². The van der Waals surface area contributed by atoms with E-state index in [0.29, 0.717) is 40.6 Å². The third kappa shape index (κ3) is 5.90. The summed E-state index contributed by atoms with van der Waals surface area (Å²) in [5.41, 5.74) is 3.51. The summed E-state index contributed by atoms with van der Waals surface area (Å²) in [6, 6.07) is 26.1. The highest BCUT2D eigenvalue weighted by Gasteiger charge is 2.42. The van der Waals surface area contributed by atoms with Gasteiger partial charge in [0.05, 0.1) is 34.7 Å². The van der Waals surface area contributed by atoms with Crippen molar-refractivity contribution in [2.45, 2.75) is 46.1 Å². The molecule has 8 heteroatoms. The lowest BCUT2D eigenvalue weighted by molar-refractivity contribution is 0.0593. The Hall–Kier alpha value is -5.24. The molecule has 232 valence electrons. The van der Waals surface area contributed by atoms with Crippen molar-refractivity contribution in [2.75, 3.05) is 6.54 Å². The van der Waals surface area contributed by atoms with E-state index in [1.165, 1.54) is 0 Å². The van der Waals surface area contributed by atoms with Crippen LogP contribution in [0.15, 0.2) is 106 Å². The van der Waals surface area contributed by atoms with Crippen LogP contribution in [-0.4, -0.2) is 34.4 Å². The standard InChI is InChI=1S/C38H36N4O4/c1-37(2)20-24(40-36(44)28-19-32(34-15-9-17-46-34)42-30-13-7-5-11-26(28)30)21-38(3,22-37)23-39-35(43)27-18-31(33-14-8-16-45-33)41-29-12-6-4-10-25(27)29/h4-19,24H,20-23H2,1-3H3,(H,39,43)(H,40,44)/t24-,38+/m1/s1. The predicted octanol–water partition coefficient (Wildman–Crippen LogP) is 8.05. The molecule has 2 amide bonds. The van der Waals surface area contributed by atoms with Gasteiger partial charge in [0.2, 0.25) is 0 Å². The molecule has 1 aliphatic rings. The number of benzene rings is 2. The zero-order valence-corrected chi connectivity index (χ0v) is 26.2. The fraction of sp³-hybridized carbons (Fsp3) is 0.263. The molecule has 0 radical (unpaired) electrons. The molecule has 4 aromatic heterocycles. The number of pyridine rings is 2. The van der Waals surface area contributed by atoms with Gasteiger partial charge in [0.25, 0.3) is 11.8 Å². The van der Waals surface area contributed by atoms with E-state index in [1.807, 2.05) is 72.8 Å². The molecule has 0 aliphatic heterocycles. The monoisotopic (exact) mass is 612 g/mol. The molecule has 6 aromatic rings. The Morgan fingerprint density at radius 1 is 0.739 bits per heavy atom. The van der Waals surface area contributed by atoms with Crippen molar-refractivity contribution < 1.29 is 18.4 Å². The van der Waals surface area contributed by atoms with E-state index in [-0.39, 0.29) is 28.7 Å². The van der Waals surface area contributed by atoms with E-state index in [4.69, 9.17) is 18.8 Å². The first-order chi connectivity index (χ1) is 22.2. The lowest BCUT2D eigenvalue weighted by atomic mass is 9.62. The second-order valence-corrected chi connectivity index (χ2v) is 13.5. The summed E-state index contributed by atoms with van der Waals surface area (Å²) in [6.45, 7) is 7.13. The Kier molecular flexibility index (Phi) is 7.43. The first kappa shape index (κ1) is 29.5. The summed E-state index contributed by atoms with van der Waals surface area (Å²) < 4.78 is 11.2. The molecule has 4 heterocycles. The van der Waals surface area contributed by atoms with Crippen molar-refractivity contribution in [2.24, 2.45) is 10.8 Å². The number of amides is 2. The molecular formula is C38H36N4O4. The van der Waals surface area contributed by atoms with Gasteiger partial charge in [0, 0.05) is 23.4 Å². The number of hydrogen-bond acceptors (Lipinski definition) is 6. The molecule has 7 rings (SSSR count). The molecule has 2 atom stereocenters. The van der Waals surface area contributed by atoms with Crippen molar-refractivity contribution in [3.63, 3.8) is 0 Å². The summed E-state index contributed by atoms with van der Waals surface area (Å²) in [4.78, 5) is 37.2. The first-order valence-electron chi connectivity index (χ1n) is 15.6. The van der Waals surface area contributed by atoms with Crippen molar-refractivity contribution in [1.29, 1.82) is 0 Å². The van der Waals surface area contributed by atoms with Gasteiger partial charge in [0.1, 0.15) is 11.4 Å². The van der Waals surface area contributed by atoms with Gasteiger partial charge in [-0.05, 0) is 78.6 Å². The van der Waals surface area contributed by atoms with Crippen LogP contribution >= 0.6 is 0 Å². The molecule has 0 bridgehead atoms. The molecule has 46 heavy (non-hydrogen) atoms. The van der Waals surface area contributed by atoms with Crippen LogP contribution in [0.1, 0.15) is 60.7 Å². The highest BCUT2D eigenvalue weighted by Crippen LogP contribution is 2.46. The molecular weight excluding hydrogens is 576 g/mol. The Morgan fingerprint density at radius 2 is 1.28 bits per heavy atom. The summed E-state index contributed by atoms with van der Waals surface area (Å²) in [6.07, 6.45) is 5.66. The van der Waals surface area contributed by atoms with Gasteiger partial charge in [-0.3, -0.25) is 9.59 Å². The number of rotatable bonds is 7. The maximum absolute atomic E-state index is 13.9. The first-order valence-corrected chi connectivity index (χ1v) is 15.6. The van der Waals surface area contributed by atoms with E-state index in [1.54, 1.807) is 24.7 Å². The number of carbonyl (C=O) groups is 2. The Morgan fingerprint density at radius 3 is 1.83 bits per heavy atom. The predicted molar refractivity (Wildman–Crippen MR) is 178 cm³/mol. The highest BCUT2D eigenvalue weighted by atomic mass is 16.3. The number of para-hydroxylation sites is 2. The molecule has 2 aromatic carbocycles. The summed E-state index contributed by atoms with van der Waals surface area (Å²) in [5, 5.41) is 8.16. The minimum Gasteiger partial charge on any atom is -0.463 e. The summed E-state index contributed by atoms with van der Waals surface area (Å²) >= 11 is 0. The van der Waals surface area contributed by atoms with Crippen molar-refractivity contribution in [1.82, 2.24) is 20.6 Å². The van der Waals surface area contributed by atoms with Gasteiger partial charge < -0.3 is 19.5 Å². The largest absolute Gasteiger partial charge is 0.463 e. The molecule has 2 N–H and O–H groups in total. The van der Waals surface area contributed by atoms with Gasteiger partial charge in [-0.2, -0.15) is 0 Å². The fourth-order valence-electron chi connectivity index (χ4n) is 7.35. The molecule has 8 nitrogen and oxygen atoms in total. The molecule has 1 fully saturated rings. The lowest BCUT2D eigenvalue weighted by Gasteiger charge is -2.47. The Balaban J connectivity index is 1.12. The zero-order chi connectivity index (χ0) is 31.9. The second kappa shape index (κ2) is 11.6. The van der Waals surface area contributed by atoms with Crippen LogP contribution in [0.4, 0.5) is 0 Å². The quantitative estimate of drug-likeness (QED) is 0.189. The van der Waals surface area contributed by atoms with Gasteiger partial charge in [0.15, 0.2) is 11.5 Å². The lowest BCUT2D eigenvalue weighted by Crippen LogP contribution is -2.50. The van der Waals surface area contributed by atoms with Crippen molar-refractivity contribution >= 4 is 33.6 Å². The average Bonchev–Trinajstić information content (AvgIpc) is 3.77. The van der Waals surface area contributed by atoms with Crippen LogP contribution < -0.4 is 10.6 Å². The molecule has 0 spiro atoms. The minimum absolute atomic E-state index is 0.0505. The van der Waals surface area contributed by atoms with Crippen LogP contribution in [-0.2, 0) is 0 Å². The zero-order valence-electron chi connectivity index (χ0n) is 26.2. The third-order valence-corrected chi connectivity index (χ3v) is 8.92. The maximum Gasteiger partial charge on any atom is 0.252 e. The SMILES string of the molecule is CC1(C)C[C@@H](NC(=O)c2cc(-c3ccco3)nc3ccccc23)C[C@](C)(CNC(=O)c2cc(-c3ccco3)nc3ccccc23)C1. The second-order valence-electron chi connectivity index (χ2n) is 13.5. The number of carbonyl (C=O) groups excluding carboxylic acids is 2. The molecule has 0 unspecified atom stereocenters. The van der Waals surface area contributed by atoms with E-state index in [0.717, 1.165) is 41.1 Å². The summed E-state index contributed by atoms with van der Waals surface area (Å²) in [7, 11) is 0. The number of nitrogens with one attached hydrogen (secondary N) is 2. The number of aromatic nitrogens is 2. The van der Waals surface area contributed by atoms with Crippen molar-refractivity contribution in [3.8, 4) is 22.9 Å². The van der Waals surface area contributed by atoms with E-state index in [9.17, 15) is 9.59 Å². The van der Waals surface area contributed by atoms with Crippen molar-refractivity contribution in [3.05, 3.63) is 109 Å². The van der Waals surface area contributed by atoms with Crippen LogP contribution in [0.3, 0.4) is 0 Å². The smallest absolute Gasteiger partial charge is 0.252 e. The van der Waals surface area contributed by atoms with Gasteiger partial charge in [-0.25, -0.2) is 9.97 Å². The normalized spacial score (nSPS) is 19.2. The topological polar surface area (TPSA) is 110 Å². The minimum atomic E-state index is -0.248. The van der Waals surface area contributed by atoms with Crippen LogP contribution in [0.25, 0.3) is 44.7 Å². The Labute approximate surface area is 267 Å². The van der Waals surface area contributed by atoms with Gasteiger partial charge in [-0.1, -0.05) is 57.2 Å². The third-order valence-electron chi connectivity index (χ3n) is 8.92. The molecule has 1 saturated carbocycles. The van der Waals surface area contributed by atoms with Gasteiger partial charge >= 0.3 is 0 Å². The number of furan rings is 2. The van der Waals surface area contributed by atoms with E-state index < -0.39 is 0 Å². The van der Waals surface area contributed by atoms with Crippen LogP contribution in [0.2, 0.25) is 0 Å². The van der Waals surface area contributed by atoms with Gasteiger partial charge in [-0.15, -0.1) is 0 Å². The number of fused-ring (bicyclic) bond motifs is 2. The molecule has 1 aliphatic carbocycles. The molecule has 0 saturated heterocycles. The number of nitrogens with zero attached hydrogens (tertiary/aromatic N) is 2. The number of hydrogen-bond donors (Lipinski definition) is 2. The fourth-order valence-corrected chi connectivity index (χ4v) is 7.35. The van der Waals surface area contributed by atoms with E-state index >= 15 is 0 Å². The average molecular weight is 613 g/mol. The maximum atomic E-state index is 13.9. The Bertz CT molecular complexity index is 2050. The highest BCUT2D eigenvalue weighted by molar-refractivity contribution is 6.08. The summed E-state index contributed by atoms with van der Waals surface area (Å²) in [5.74, 6) is 0.914.